The molecule has 0 saturated carbocycles. The maximum atomic E-state index is 11.5. The van der Waals surface area contributed by atoms with Gasteiger partial charge < -0.3 is 10.5 Å². The Kier molecular flexibility index (Phi) is 5.35. The van der Waals surface area contributed by atoms with Crippen molar-refractivity contribution in [3.63, 3.8) is 0 Å². The van der Waals surface area contributed by atoms with Gasteiger partial charge in [0, 0.05) is 10.6 Å². The summed E-state index contributed by atoms with van der Waals surface area (Å²) < 4.78 is 4.69. The number of nitrogen functional groups attached to an aromatic ring is 1. The number of carbonyl (C=O) groups is 1. The lowest BCUT2D eigenvalue weighted by Gasteiger charge is -2.11. The predicted molar refractivity (Wildman–Crippen MR) is 72.4 cm³/mol. The number of rotatable bonds is 5. The van der Waals surface area contributed by atoms with E-state index in [4.69, 9.17) is 10.5 Å². The lowest BCUT2D eigenvalue weighted by atomic mass is 10.2. The highest BCUT2D eigenvalue weighted by Crippen LogP contribution is 2.30. The van der Waals surface area contributed by atoms with Crippen molar-refractivity contribution >= 4 is 23.4 Å². The maximum Gasteiger partial charge on any atom is 0.339 e. The van der Waals surface area contributed by atoms with Gasteiger partial charge in [0.15, 0.2) is 0 Å². The summed E-state index contributed by atoms with van der Waals surface area (Å²) in [6, 6.07) is 5.46. The van der Waals surface area contributed by atoms with Crippen LogP contribution in [0.2, 0.25) is 0 Å². The summed E-state index contributed by atoms with van der Waals surface area (Å²) in [4.78, 5) is 12.4. The molecule has 0 aliphatic carbocycles. The Bertz CT molecular complexity index is 393. The molecule has 1 atom stereocenters. The number of nitrogens with two attached hydrogens (primary N) is 1. The molecule has 0 heterocycles. The van der Waals surface area contributed by atoms with Crippen molar-refractivity contribution in [2.45, 2.75) is 25.2 Å². The van der Waals surface area contributed by atoms with Gasteiger partial charge in [-0.15, -0.1) is 11.8 Å². The van der Waals surface area contributed by atoms with Gasteiger partial charge in [-0.3, -0.25) is 0 Å². The molecule has 1 aromatic rings. The van der Waals surface area contributed by atoms with E-state index in [1.165, 1.54) is 7.11 Å². The summed E-state index contributed by atoms with van der Waals surface area (Å²) in [7, 11) is 1.36. The summed E-state index contributed by atoms with van der Waals surface area (Å²) in [6.07, 6.45) is 1.14. The van der Waals surface area contributed by atoms with Crippen LogP contribution in [0.25, 0.3) is 0 Å². The first-order valence-corrected chi connectivity index (χ1v) is 6.68. The third-order valence-corrected chi connectivity index (χ3v) is 4.09. The van der Waals surface area contributed by atoms with Crippen LogP contribution in [0.5, 0.6) is 0 Å². The lowest BCUT2D eigenvalue weighted by Crippen LogP contribution is -2.06. The first-order chi connectivity index (χ1) is 8.10. The second kappa shape index (κ2) is 6.55. The number of anilines is 1. The molecule has 1 unspecified atom stereocenters. The smallest absolute Gasteiger partial charge is 0.339 e. The quantitative estimate of drug-likeness (QED) is 0.497. The van der Waals surface area contributed by atoms with Gasteiger partial charge >= 0.3 is 5.97 Å². The van der Waals surface area contributed by atoms with Crippen molar-refractivity contribution in [1.82, 2.24) is 0 Å². The van der Waals surface area contributed by atoms with Gasteiger partial charge in [-0.1, -0.05) is 26.3 Å². The summed E-state index contributed by atoms with van der Waals surface area (Å²) in [6.45, 7) is 4.37. The number of ether oxygens (including phenoxy) is 1. The van der Waals surface area contributed by atoms with E-state index in [1.807, 2.05) is 12.1 Å². The second-order valence-electron chi connectivity index (χ2n) is 4.03. The Balaban J connectivity index is 2.83. The molecule has 0 aliphatic rings. The van der Waals surface area contributed by atoms with Crippen LogP contribution in [0.3, 0.4) is 0 Å². The normalized spacial score (nSPS) is 12.2. The Morgan fingerprint density at radius 1 is 1.53 bits per heavy atom. The van der Waals surface area contributed by atoms with E-state index < -0.39 is 0 Å². The Morgan fingerprint density at radius 3 is 2.82 bits per heavy atom. The monoisotopic (exact) mass is 253 g/mol. The molecule has 0 fully saturated rings. The molecule has 0 saturated heterocycles. The van der Waals surface area contributed by atoms with Crippen molar-refractivity contribution in [1.29, 1.82) is 0 Å². The van der Waals surface area contributed by atoms with Gasteiger partial charge in [-0.2, -0.15) is 0 Å². The number of thioether (sulfide) groups is 1. The molecule has 17 heavy (non-hydrogen) atoms. The van der Waals surface area contributed by atoms with Crippen molar-refractivity contribution < 1.29 is 9.53 Å². The minimum Gasteiger partial charge on any atom is -0.465 e. The van der Waals surface area contributed by atoms with Crippen molar-refractivity contribution in [2.75, 3.05) is 18.6 Å². The molecule has 0 aliphatic heterocycles. The SMILES string of the molecule is CCC(C)CSc1cccc(C(=O)OC)c1N. The van der Waals surface area contributed by atoms with Crippen LogP contribution in [0.15, 0.2) is 23.1 Å². The highest BCUT2D eigenvalue weighted by Gasteiger charge is 2.13. The zero-order valence-electron chi connectivity index (χ0n) is 10.5. The Hall–Kier alpha value is -1.16. The third kappa shape index (κ3) is 3.66. The van der Waals surface area contributed by atoms with E-state index >= 15 is 0 Å². The molecule has 0 bridgehead atoms. The first-order valence-electron chi connectivity index (χ1n) is 5.69. The molecule has 1 aromatic carbocycles. The number of carbonyl (C=O) groups excluding carboxylic acids is 1. The summed E-state index contributed by atoms with van der Waals surface area (Å²) in [5, 5.41) is 0. The van der Waals surface area contributed by atoms with Crippen LogP contribution in [0.1, 0.15) is 30.6 Å². The number of methoxy groups -OCH3 is 1. The molecular weight excluding hydrogens is 234 g/mol. The first kappa shape index (κ1) is 13.9. The topological polar surface area (TPSA) is 52.3 Å². The van der Waals surface area contributed by atoms with E-state index in [0.29, 0.717) is 17.2 Å². The van der Waals surface area contributed by atoms with Crippen molar-refractivity contribution in [3.8, 4) is 0 Å². The van der Waals surface area contributed by atoms with Crippen molar-refractivity contribution in [3.05, 3.63) is 23.8 Å². The molecule has 0 spiro atoms. The van der Waals surface area contributed by atoms with Crippen LogP contribution in [0, 0.1) is 5.92 Å². The molecular formula is C13H19NO2S. The van der Waals surface area contributed by atoms with Gasteiger partial charge in [0.1, 0.15) is 0 Å². The number of esters is 1. The average molecular weight is 253 g/mol. The van der Waals surface area contributed by atoms with E-state index in [9.17, 15) is 4.79 Å². The summed E-state index contributed by atoms with van der Waals surface area (Å²) in [5.74, 6) is 1.26. The molecule has 4 heteroatoms. The summed E-state index contributed by atoms with van der Waals surface area (Å²) >= 11 is 1.69. The highest BCUT2D eigenvalue weighted by molar-refractivity contribution is 7.99. The van der Waals surface area contributed by atoms with Gasteiger partial charge in [0.2, 0.25) is 0 Å². The number of hydrogen-bond acceptors (Lipinski definition) is 4. The molecule has 0 aromatic heterocycles. The Labute approximate surface area is 107 Å². The standard InChI is InChI=1S/C13H19NO2S/c1-4-9(2)8-17-11-7-5-6-10(12(11)14)13(15)16-3/h5-7,9H,4,8,14H2,1-3H3. The average Bonchev–Trinajstić information content (AvgIpc) is 2.36. The number of para-hydroxylation sites is 1. The van der Waals surface area contributed by atoms with Gasteiger partial charge in [-0.05, 0) is 18.1 Å². The van der Waals surface area contributed by atoms with E-state index in [2.05, 4.69) is 13.8 Å². The van der Waals surface area contributed by atoms with E-state index in [1.54, 1.807) is 17.8 Å². The van der Waals surface area contributed by atoms with Crippen LogP contribution in [-0.2, 0) is 4.74 Å². The van der Waals surface area contributed by atoms with Gasteiger partial charge in [-0.25, -0.2) is 4.79 Å². The van der Waals surface area contributed by atoms with E-state index in [0.717, 1.165) is 17.1 Å². The van der Waals surface area contributed by atoms with Crippen LogP contribution in [0.4, 0.5) is 5.69 Å². The fourth-order valence-electron chi connectivity index (χ4n) is 1.31. The van der Waals surface area contributed by atoms with Crippen molar-refractivity contribution in [2.24, 2.45) is 5.92 Å². The largest absolute Gasteiger partial charge is 0.465 e. The fraction of sp³-hybridized carbons (Fsp3) is 0.462. The minimum atomic E-state index is -0.381. The number of benzene rings is 1. The lowest BCUT2D eigenvalue weighted by molar-refractivity contribution is 0.0601. The minimum absolute atomic E-state index is 0.381. The molecule has 0 radical (unpaired) electrons. The second-order valence-corrected chi connectivity index (χ2v) is 5.10. The fourth-order valence-corrected chi connectivity index (χ4v) is 2.45. The van der Waals surface area contributed by atoms with Gasteiger partial charge in [0.25, 0.3) is 0 Å². The van der Waals surface area contributed by atoms with Crippen LogP contribution in [-0.4, -0.2) is 18.8 Å². The molecule has 2 N–H and O–H groups in total. The zero-order valence-corrected chi connectivity index (χ0v) is 11.3. The predicted octanol–water partition coefficient (Wildman–Crippen LogP) is 3.19. The van der Waals surface area contributed by atoms with Gasteiger partial charge in [0.05, 0.1) is 18.4 Å². The Morgan fingerprint density at radius 2 is 2.24 bits per heavy atom. The number of hydrogen-bond donors (Lipinski definition) is 1. The maximum absolute atomic E-state index is 11.5. The van der Waals surface area contributed by atoms with Crippen LogP contribution < -0.4 is 5.73 Å². The highest BCUT2D eigenvalue weighted by atomic mass is 32.2. The molecule has 0 amide bonds. The molecule has 94 valence electrons. The third-order valence-electron chi connectivity index (χ3n) is 2.69. The zero-order chi connectivity index (χ0) is 12.8. The molecule has 1 rings (SSSR count). The molecule has 3 nitrogen and oxygen atoms in total. The summed E-state index contributed by atoms with van der Waals surface area (Å²) in [5.41, 5.74) is 6.93. The van der Waals surface area contributed by atoms with Crippen LogP contribution >= 0.6 is 11.8 Å². The van der Waals surface area contributed by atoms with E-state index in [-0.39, 0.29) is 5.97 Å².